The Bertz CT molecular complexity index is 209. The number of nitrogens with zero attached hydrogens (tertiary/aromatic N) is 2. The van der Waals surface area contributed by atoms with Crippen LogP contribution >= 0.6 is 0 Å². The zero-order chi connectivity index (χ0) is 7.56. The highest BCUT2D eigenvalue weighted by Gasteiger charge is 2.10. The molecule has 54 valence electrons. The predicted octanol–water partition coefficient (Wildman–Crippen LogP) is 0.0956. The topological polar surface area (TPSA) is 88.0 Å². The van der Waals surface area contributed by atoms with Gasteiger partial charge in [-0.2, -0.15) is 10.2 Å². The van der Waals surface area contributed by atoms with Crippen LogP contribution in [0.1, 0.15) is 6.42 Å². The largest absolute Gasteiger partial charge is 0.481 e. The summed E-state index contributed by atoms with van der Waals surface area (Å²) in [5.41, 5.74) is 5.70. The van der Waals surface area contributed by atoms with Crippen LogP contribution in [0.15, 0.2) is 22.0 Å². The molecule has 10 heavy (non-hydrogen) atoms. The van der Waals surface area contributed by atoms with Crippen LogP contribution in [0.25, 0.3) is 0 Å². The van der Waals surface area contributed by atoms with E-state index in [1.165, 1.54) is 6.08 Å². The van der Waals surface area contributed by atoms with E-state index in [2.05, 4.69) is 10.2 Å². The van der Waals surface area contributed by atoms with Crippen molar-refractivity contribution in [2.75, 3.05) is 0 Å². The number of nitrogens with two attached hydrogens (primary N) is 1. The van der Waals surface area contributed by atoms with Gasteiger partial charge >= 0.3 is 5.97 Å². The summed E-state index contributed by atoms with van der Waals surface area (Å²) in [7, 11) is 0. The zero-order valence-electron chi connectivity index (χ0n) is 5.19. The number of azo groups is 1. The van der Waals surface area contributed by atoms with Crippen LogP contribution in [0, 0.1) is 0 Å². The van der Waals surface area contributed by atoms with E-state index in [9.17, 15) is 4.79 Å². The van der Waals surface area contributed by atoms with Crippen molar-refractivity contribution in [3.63, 3.8) is 0 Å². The first-order chi connectivity index (χ1) is 4.68. The minimum Gasteiger partial charge on any atom is -0.481 e. The van der Waals surface area contributed by atoms with Crippen molar-refractivity contribution < 1.29 is 9.90 Å². The quantitative estimate of drug-likeness (QED) is 0.571. The molecule has 0 saturated carbocycles. The van der Waals surface area contributed by atoms with Gasteiger partial charge in [-0.25, -0.2) is 0 Å². The molecule has 3 N–H and O–H groups in total. The lowest BCUT2D eigenvalue weighted by Gasteiger charge is -1.87. The van der Waals surface area contributed by atoms with Gasteiger partial charge in [-0.05, 0) is 6.08 Å². The fourth-order valence-corrected chi connectivity index (χ4v) is 0.654. The molecule has 5 nitrogen and oxygen atoms in total. The van der Waals surface area contributed by atoms with Crippen molar-refractivity contribution in [1.29, 1.82) is 0 Å². The molecule has 0 amide bonds. The van der Waals surface area contributed by atoms with Crippen molar-refractivity contribution in [2.45, 2.75) is 12.6 Å². The van der Waals surface area contributed by atoms with Gasteiger partial charge in [0, 0.05) is 0 Å². The summed E-state index contributed by atoms with van der Waals surface area (Å²) < 4.78 is 0. The summed E-state index contributed by atoms with van der Waals surface area (Å²) in [6.45, 7) is 0. The lowest BCUT2D eigenvalue weighted by Crippen LogP contribution is -2.10. The van der Waals surface area contributed by atoms with E-state index in [-0.39, 0.29) is 6.42 Å². The summed E-state index contributed by atoms with van der Waals surface area (Å²) in [4.78, 5) is 10.1. The van der Waals surface area contributed by atoms with E-state index in [1.807, 2.05) is 0 Å². The lowest BCUT2D eigenvalue weighted by molar-refractivity contribution is -0.136. The molecule has 0 aromatic heterocycles. The Hall–Kier alpha value is -1.23. The van der Waals surface area contributed by atoms with Crippen molar-refractivity contribution in [3.8, 4) is 0 Å². The summed E-state index contributed by atoms with van der Waals surface area (Å²) in [6.07, 6.45) is 0.972. The zero-order valence-corrected chi connectivity index (χ0v) is 5.19. The van der Waals surface area contributed by atoms with Crippen molar-refractivity contribution in [1.82, 2.24) is 0 Å². The van der Waals surface area contributed by atoms with Gasteiger partial charge in [0.05, 0.1) is 12.1 Å². The summed E-state index contributed by atoms with van der Waals surface area (Å²) >= 11 is 0. The number of aliphatic carboxylic acids is 1. The highest BCUT2D eigenvalue weighted by Crippen LogP contribution is 2.11. The Labute approximate surface area is 57.2 Å². The van der Waals surface area contributed by atoms with E-state index in [1.54, 1.807) is 0 Å². The van der Waals surface area contributed by atoms with Crippen LogP contribution in [0.4, 0.5) is 0 Å². The molecule has 0 bridgehead atoms. The SMILES string of the molecule is N[C@H]1C=C(CC(=O)O)N=N1. The maximum Gasteiger partial charge on any atom is 0.309 e. The molecule has 1 aliphatic rings. The van der Waals surface area contributed by atoms with Gasteiger partial charge in [-0.15, -0.1) is 0 Å². The summed E-state index contributed by atoms with van der Waals surface area (Å²) in [5, 5.41) is 15.3. The number of rotatable bonds is 2. The van der Waals surface area contributed by atoms with Crippen molar-refractivity contribution >= 4 is 5.97 Å². The fraction of sp³-hybridized carbons (Fsp3) is 0.400. The minimum atomic E-state index is -0.917. The second-order valence-electron chi connectivity index (χ2n) is 1.93. The molecule has 0 unspecified atom stereocenters. The summed E-state index contributed by atoms with van der Waals surface area (Å²) in [5.74, 6) is -0.917. The summed E-state index contributed by atoms with van der Waals surface area (Å²) in [6, 6.07) is 0. The third-order valence-corrected chi connectivity index (χ3v) is 1.02. The number of hydrogen-bond donors (Lipinski definition) is 2. The van der Waals surface area contributed by atoms with Crippen LogP contribution in [-0.4, -0.2) is 17.2 Å². The first kappa shape index (κ1) is 6.88. The van der Waals surface area contributed by atoms with E-state index in [0.29, 0.717) is 5.70 Å². The van der Waals surface area contributed by atoms with Crippen LogP contribution in [-0.2, 0) is 4.79 Å². The number of carboxylic acids is 1. The van der Waals surface area contributed by atoms with Crippen LogP contribution in [0.2, 0.25) is 0 Å². The fourth-order valence-electron chi connectivity index (χ4n) is 0.654. The van der Waals surface area contributed by atoms with Gasteiger partial charge < -0.3 is 10.8 Å². The Morgan fingerprint density at radius 2 is 2.60 bits per heavy atom. The molecule has 5 heteroatoms. The first-order valence-corrected chi connectivity index (χ1v) is 2.77. The lowest BCUT2D eigenvalue weighted by atomic mass is 10.3. The van der Waals surface area contributed by atoms with Gasteiger partial charge in [-0.3, -0.25) is 4.79 Å². The molecule has 1 atom stereocenters. The predicted molar refractivity (Wildman–Crippen MR) is 33.2 cm³/mol. The second kappa shape index (κ2) is 2.57. The second-order valence-corrected chi connectivity index (χ2v) is 1.93. The Morgan fingerprint density at radius 1 is 1.90 bits per heavy atom. The smallest absolute Gasteiger partial charge is 0.309 e. The molecule has 1 aliphatic heterocycles. The maximum atomic E-state index is 10.1. The molecule has 0 fully saturated rings. The van der Waals surface area contributed by atoms with Gasteiger partial charge in [-0.1, -0.05) is 0 Å². The molecule has 1 heterocycles. The molecular weight excluding hydrogens is 134 g/mol. The average Bonchev–Trinajstić information content (AvgIpc) is 2.13. The Kier molecular flexibility index (Phi) is 1.77. The van der Waals surface area contributed by atoms with Gasteiger partial charge in [0.2, 0.25) is 0 Å². The monoisotopic (exact) mass is 141 g/mol. The molecule has 0 spiro atoms. The third-order valence-electron chi connectivity index (χ3n) is 1.02. The first-order valence-electron chi connectivity index (χ1n) is 2.77. The highest BCUT2D eigenvalue weighted by molar-refractivity contribution is 5.69. The number of carbonyl (C=O) groups is 1. The normalized spacial score (nSPS) is 22.9. The molecule has 0 aromatic rings. The van der Waals surface area contributed by atoms with Crippen LogP contribution < -0.4 is 5.73 Å². The minimum absolute atomic E-state index is 0.100. The molecule has 1 rings (SSSR count). The highest BCUT2D eigenvalue weighted by atomic mass is 16.4. The van der Waals surface area contributed by atoms with E-state index < -0.39 is 12.1 Å². The van der Waals surface area contributed by atoms with Gasteiger partial charge in [0.1, 0.15) is 6.17 Å². The van der Waals surface area contributed by atoms with Gasteiger partial charge in [0.15, 0.2) is 0 Å². The Balaban J connectivity index is 2.52. The molecule has 0 aromatic carbocycles. The number of hydrogen-bond acceptors (Lipinski definition) is 4. The molecule has 0 radical (unpaired) electrons. The van der Waals surface area contributed by atoms with Crippen LogP contribution in [0.5, 0.6) is 0 Å². The van der Waals surface area contributed by atoms with Crippen molar-refractivity contribution in [3.05, 3.63) is 11.8 Å². The molecular formula is C5H7N3O2. The van der Waals surface area contributed by atoms with Crippen LogP contribution in [0.3, 0.4) is 0 Å². The van der Waals surface area contributed by atoms with E-state index in [4.69, 9.17) is 10.8 Å². The van der Waals surface area contributed by atoms with E-state index >= 15 is 0 Å². The third kappa shape index (κ3) is 1.63. The average molecular weight is 141 g/mol. The standard InChI is InChI=1S/C5H7N3O2/c6-4-1-3(7-8-4)2-5(9)10/h1,4H,2,6H2,(H,9,10)/t4-/m1/s1. The number of carboxylic acid groups (broad SMARTS) is 1. The molecule has 0 aliphatic carbocycles. The van der Waals surface area contributed by atoms with Crippen molar-refractivity contribution in [2.24, 2.45) is 16.0 Å². The van der Waals surface area contributed by atoms with Gasteiger partial charge in [0.25, 0.3) is 0 Å². The maximum absolute atomic E-state index is 10.1. The molecule has 0 saturated heterocycles. The Morgan fingerprint density at radius 3 is 3.00 bits per heavy atom. The van der Waals surface area contributed by atoms with E-state index in [0.717, 1.165) is 0 Å².